The SMILES string of the molecule is CCCCCCCCCC/C=C\CCCCCCCCCCCCCCOCC(COC1OC(CO)C(O)C(OS(=O)(=O)O)C1O)OC(C)=O. The molecule has 1 aliphatic heterocycles. The molecule has 1 aliphatic rings. The van der Waals surface area contributed by atoms with Crippen molar-refractivity contribution >= 4 is 16.4 Å². The number of carbonyl (C=O) groups excluding carboxylic acids is 1. The van der Waals surface area contributed by atoms with Crippen LogP contribution in [-0.4, -0.2) is 97.5 Å². The maximum atomic E-state index is 11.6. The van der Waals surface area contributed by atoms with Gasteiger partial charge < -0.3 is 34.3 Å². The van der Waals surface area contributed by atoms with Crippen LogP contribution >= 0.6 is 0 Å². The molecule has 0 saturated carbocycles. The van der Waals surface area contributed by atoms with E-state index in [1.54, 1.807) is 0 Å². The van der Waals surface area contributed by atoms with Crippen LogP contribution in [0.5, 0.6) is 0 Å². The van der Waals surface area contributed by atoms with Gasteiger partial charge in [0.2, 0.25) is 0 Å². The Morgan fingerprint density at radius 2 is 1.22 bits per heavy atom. The van der Waals surface area contributed by atoms with Gasteiger partial charge in [0, 0.05) is 13.5 Å². The zero-order chi connectivity index (χ0) is 36.9. The van der Waals surface area contributed by atoms with Crippen LogP contribution in [0.2, 0.25) is 0 Å². The molecule has 4 N–H and O–H groups in total. The van der Waals surface area contributed by atoms with E-state index < -0.39 is 59.8 Å². The number of ether oxygens (including phenoxy) is 4. The Bertz CT molecular complexity index is 947. The normalized spacial score (nSPS) is 21.9. The van der Waals surface area contributed by atoms with Crippen molar-refractivity contribution in [2.75, 3.05) is 26.4 Å². The molecule has 0 bridgehead atoms. The van der Waals surface area contributed by atoms with Gasteiger partial charge in [-0.2, -0.15) is 8.42 Å². The molecular weight excluding hydrogens is 668 g/mol. The van der Waals surface area contributed by atoms with Crippen LogP contribution in [0.15, 0.2) is 12.2 Å². The third-order valence-electron chi connectivity index (χ3n) is 8.94. The number of aliphatic hydroxyl groups is 3. The van der Waals surface area contributed by atoms with Crippen molar-refractivity contribution in [3.63, 3.8) is 0 Å². The van der Waals surface area contributed by atoms with Crippen molar-refractivity contribution in [3.8, 4) is 0 Å². The highest BCUT2D eigenvalue weighted by Gasteiger charge is 2.48. The summed E-state index contributed by atoms with van der Waals surface area (Å²) < 4.78 is 57.4. The van der Waals surface area contributed by atoms with E-state index in [1.807, 2.05) is 0 Å². The van der Waals surface area contributed by atoms with Gasteiger partial charge in [-0.15, -0.1) is 0 Å². The van der Waals surface area contributed by atoms with Gasteiger partial charge >= 0.3 is 16.4 Å². The molecule has 1 fully saturated rings. The Morgan fingerprint density at radius 1 is 0.740 bits per heavy atom. The van der Waals surface area contributed by atoms with Gasteiger partial charge in [-0.1, -0.05) is 128 Å². The van der Waals surface area contributed by atoms with Gasteiger partial charge in [0.25, 0.3) is 0 Å². The molecule has 0 amide bonds. The Labute approximate surface area is 302 Å². The number of hydrogen-bond acceptors (Lipinski definition) is 11. The molecule has 13 heteroatoms. The van der Waals surface area contributed by atoms with Crippen molar-refractivity contribution < 1.29 is 56.2 Å². The largest absolute Gasteiger partial charge is 0.458 e. The zero-order valence-electron chi connectivity index (χ0n) is 31.0. The summed E-state index contributed by atoms with van der Waals surface area (Å²) in [5, 5.41) is 30.0. The molecule has 0 aromatic carbocycles. The number of aliphatic hydroxyl groups excluding tert-OH is 3. The summed E-state index contributed by atoms with van der Waals surface area (Å²) in [4.78, 5) is 11.6. The van der Waals surface area contributed by atoms with E-state index in [9.17, 15) is 28.5 Å². The summed E-state index contributed by atoms with van der Waals surface area (Å²) in [6.45, 7) is 2.96. The number of unbranched alkanes of at least 4 members (excludes halogenated alkanes) is 20. The van der Waals surface area contributed by atoms with Gasteiger partial charge in [0.1, 0.15) is 30.5 Å². The fourth-order valence-electron chi connectivity index (χ4n) is 6.08. The Morgan fingerprint density at radius 3 is 1.68 bits per heavy atom. The lowest BCUT2D eigenvalue weighted by Crippen LogP contribution is -2.60. The monoisotopic (exact) mass is 738 g/mol. The molecule has 1 heterocycles. The molecule has 0 aromatic rings. The molecular formula is C37H70O12S. The first kappa shape index (κ1) is 46.9. The molecule has 0 spiro atoms. The third-order valence-corrected chi connectivity index (χ3v) is 9.40. The number of hydrogen-bond donors (Lipinski definition) is 4. The number of rotatable bonds is 33. The molecule has 50 heavy (non-hydrogen) atoms. The summed E-state index contributed by atoms with van der Waals surface area (Å²) in [6, 6.07) is 0. The van der Waals surface area contributed by atoms with E-state index in [-0.39, 0.29) is 13.2 Å². The molecule has 0 aromatic heterocycles. The highest BCUT2D eigenvalue weighted by Crippen LogP contribution is 2.26. The highest BCUT2D eigenvalue weighted by atomic mass is 32.3. The average Bonchev–Trinajstić information content (AvgIpc) is 3.07. The minimum absolute atomic E-state index is 0.0233. The minimum atomic E-state index is -5.04. The molecule has 296 valence electrons. The quantitative estimate of drug-likeness (QED) is 0.0242. The molecule has 0 radical (unpaired) electrons. The van der Waals surface area contributed by atoms with Crippen molar-refractivity contribution in [1.82, 2.24) is 0 Å². The van der Waals surface area contributed by atoms with E-state index in [0.717, 1.165) is 19.3 Å². The molecule has 6 atom stereocenters. The van der Waals surface area contributed by atoms with Crippen LogP contribution < -0.4 is 0 Å². The second kappa shape index (κ2) is 30.3. The van der Waals surface area contributed by atoms with E-state index in [2.05, 4.69) is 23.3 Å². The fraction of sp³-hybridized carbons (Fsp3) is 0.919. The second-order valence-electron chi connectivity index (χ2n) is 13.6. The van der Waals surface area contributed by atoms with Crippen LogP contribution in [0.25, 0.3) is 0 Å². The molecule has 0 aliphatic carbocycles. The zero-order valence-corrected chi connectivity index (χ0v) is 31.8. The number of allylic oxidation sites excluding steroid dienone is 2. The average molecular weight is 739 g/mol. The Hall–Kier alpha value is -1.16. The Balaban J connectivity index is 2.03. The van der Waals surface area contributed by atoms with E-state index in [1.165, 1.54) is 129 Å². The van der Waals surface area contributed by atoms with Crippen LogP contribution in [0, 0.1) is 0 Å². The van der Waals surface area contributed by atoms with Crippen LogP contribution in [0.1, 0.15) is 155 Å². The first-order valence-corrected chi connectivity index (χ1v) is 20.7. The van der Waals surface area contributed by atoms with E-state index >= 15 is 0 Å². The summed E-state index contributed by atoms with van der Waals surface area (Å²) in [5.41, 5.74) is 0. The van der Waals surface area contributed by atoms with Gasteiger partial charge in [-0.3, -0.25) is 9.35 Å². The lowest BCUT2D eigenvalue weighted by molar-refractivity contribution is -0.301. The van der Waals surface area contributed by atoms with Gasteiger partial charge in [0.05, 0.1) is 19.8 Å². The lowest BCUT2D eigenvalue weighted by Gasteiger charge is -2.41. The van der Waals surface area contributed by atoms with Crippen molar-refractivity contribution in [3.05, 3.63) is 12.2 Å². The molecule has 6 unspecified atom stereocenters. The first-order valence-electron chi connectivity index (χ1n) is 19.4. The topological polar surface area (TPSA) is 178 Å². The van der Waals surface area contributed by atoms with Crippen molar-refractivity contribution in [2.45, 2.75) is 192 Å². The van der Waals surface area contributed by atoms with Gasteiger partial charge in [-0.25, -0.2) is 4.18 Å². The lowest BCUT2D eigenvalue weighted by atomic mass is 9.99. The highest BCUT2D eigenvalue weighted by molar-refractivity contribution is 7.80. The first-order chi connectivity index (χ1) is 24.1. The molecule has 1 saturated heterocycles. The molecule has 12 nitrogen and oxygen atoms in total. The number of esters is 1. The van der Waals surface area contributed by atoms with Crippen LogP contribution in [-0.2, 0) is 38.3 Å². The maximum absolute atomic E-state index is 11.6. The number of carbonyl (C=O) groups is 1. The molecule has 1 rings (SSSR count). The summed E-state index contributed by atoms with van der Waals surface area (Å²) in [6.07, 6.45) is 23.8. The van der Waals surface area contributed by atoms with Crippen LogP contribution in [0.3, 0.4) is 0 Å². The Kier molecular flexibility index (Phi) is 28.4. The van der Waals surface area contributed by atoms with Crippen LogP contribution in [0.4, 0.5) is 0 Å². The fourth-order valence-corrected chi connectivity index (χ4v) is 6.59. The second-order valence-corrected chi connectivity index (χ2v) is 14.6. The van der Waals surface area contributed by atoms with E-state index in [0.29, 0.717) is 6.61 Å². The predicted molar refractivity (Wildman–Crippen MR) is 193 cm³/mol. The predicted octanol–water partition coefficient (Wildman–Crippen LogP) is 6.74. The van der Waals surface area contributed by atoms with Crippen molar-refractivity contribution in [2.24, 2.45) is 0 Å². The summed E-state index contributed by atoms with van der Waals surface area (Å²) in [5.74, 6) is -0.573. The smallest absolute Gasteiger partial charge is 0.397 e. The van der Waals surface area contributed by atoms with Gasteiger partial charge in [0.15, 0.2) is 6.29 Å². The maximum Gasteiger partial charge on any atom is 0.397 e. The van der Waals surface area contributed by atoms with Crippen molar-refractivity contribution in [1.29, 1.82) is 0 Å². The summed E-state index contributed by atoms with van der Waals surface area (Å²) >= 11 is 0. The summed E-state index contributed by atoms with van der Waals surface area (Å²) in [7, 11) is -5.04. The van der Waals surface area contributed by atoms with Gasteiger partial charge in [-0.05, 0) is 32.1 Å². The van der Waals surface area contributed by atoms with E-state index in [4.69, 9.17) is 23.5 Å². The standard InChI is InChI=1S/C37H70O12S/c1-3-4-5-6-7-8-9-10-11-12-13-14-15-16-17-18-19-20-21-22-23-24-25-26-27-45-29-32(47-31(2)39)30-46-37-35(41)36(49-50(42,43)44)34(40)33(28-38)48-37/h12-13,32-38,40-41H,3-11,14-30H2,1-2H3,(H,42,43,44)/b13-12-. The minimum Gasteiger partial charge on any atom is -0.458 e. The third kappa shape index (κ3) is 24.9.